The van der Waals surface area contributed by atoms with Crippen LogP contribution >= 0.6 is 0 Å². The number of likely N-dealkylation sites (tertiary alicyclic amines) is 1. The standard InChI is InChI=1S/C20H24FN3O/c1-13-7-8-18(10-19(13)16-9-17(21)12-22-11-16)23-20(25)24-14(2)5-4-6-15(24)3/h7-12,14-15H,4-6H2,1-3H3,(H,23,25)/t14-,15-/m1/s1. The second kappa shape index (κ2) is 7.21. The quantitative estimate of drug-likeness (QED) is 0.836. The van der Waals surface area contributed by atoms with Crippen LogP contribution in [-0.2, 0) is 0 Å². The van der Waals surface area contributed by atoms with E-state index in [4.69, 9.17) is 0 Å². The molecule has 1 N–H and O–H groups in total. The van der Waals surface area contributed by atoms with Crippen molar-refractivity contribution < 1.29 is 9.18 Å². The SMILES string of the molecule is Cc1ccc(NC(=O)N2[C@H](C)CCC[C@H]2C)cc1-c1cncc(F)c1. The van der Waals surface area contributed by atoms with Crippen molar-refractivity contribution in [2.45, 2.75) is 52.1 Å². The van der Waals surface area contributed by atoms with Crippen LogP contribution in [0, 0.1) is 12.7 Å². The summed E-state index contributed by atoms with van der Waals surface area (Å²) in [5, 5.41) is 3.00. The van der Waals surface area contributed by atoms with Gasteiger partial charge in [0.05, 0.1) is 6.20 Å². The molecule has 0 bridgehead atoms. The molecule has 2 atom stereocenters. The molecule has 132 valence electrons. The summed E-state index contributed by atoms with van der Waals surface area (Å²) in [6.45, 7) is 6.14. The fraction of sp³-hybridized carbons (Fsp3) is 0.400. The molecule has 0 radical (unpaired) electrons. The van der Waals surface area contributed by atoms with Gasteiger partial charge in [0.2, 0.25) is 0 Å². The normalized spacial score (nSPS) is 20.4. The largest absolute Gasteiger partial charge is 0.322 e. The number of nitrogens with one attached hydrogen (secondary N) is 1. The van der Waals surface area contributed by atoms with Gasteiger partial charge in [-0.15, -0.1) is 0 Å². The Bertz CT molecular complexity index is 767. The third kappa shape index (κ3) is 3.81. The van der Waals surface area contributed by atoms with Crippen molar-refractivity contribution in [3.63, 3.8) is 0 Å². The van der Waals surface area contributed by atoms with Gasteiger partial charge in [0, 0.05) is 29.5 Å². The number of hydrogen-bond acceptors (Lipinski definition) is 2. The predicted octanol–water partition coefficient (Wildman–Crippen LogP) is 4.99. The number of urea groups is 1. The Hall–Kier alpha value is -2.43. The molecule has 0 unspecified atom stereocenters. The van der Waals surface area contributed by atoms with Gasteiger partial charge in [0.25, 0.3) is 0 Å². The summed E-state index contributed by atoms with van der Waals surface area (Å²) < 4.78 is 13.5. The van der Waals surface area contributed by atoms with Crippen LogP contribution in [0.3, 0.4) is 0 Å². The highest BCUT2D eigenvalue weighted by Gasteiger charge is 2.28. The van der Waals surface area contributed by atoms with Crippen molar-refractivity contribution in [1.82, 2.24) is 9.88 Å². The summed E-state index contributed by atoms with van der Waals surface area (Å²) in [7, 11) is 0. The average Bonchev–Trinajstić information content (AvgIpc) is 2.56. The first kappa shape index (κ1) is 17.4. The third-order valence-corrected chi connectivity index (χ3v) is 4.93. The molecule has 1 aromatic heterocycles. The molecule has 5 heteroatoms. The topological polar surface area (TPSA) is 45.2 Å². The molecular weight excluding hydrogens is 317 g/mol. The first-order valence-corrected chi connectivity index (χ1v) is 8.76. The number of aryl methyl sites for hydroxylation is 1. The summed E-state index contributed by atoms with van der Waals surface area (Å²) in [5.74, 6) is -0.373. The lowest BCUT2D eigenvalue weighted by atomic mass is 9.98. The Labute approximate surface area is 148 Å². The van der Waals surface area contributed by atoms with Gasteiger partial charge in [-0.3, -0.25) is 4.98 Å². The minimum atomic E-state index is -0.373. The number of halogens is 1. The van der Waals surface area contributed by atoms with E-state index in [1.807, 2.05) is 30.0 Å². The number of anilines is 1. The maximum Gasteiger partial charge on any atom is 0.322 e. The van der Waals surface area contributed by atoms with Crippen molar-refractivity contribution >= 4 is 11.7 Å². The average molecular weight is 341 g/mol. The number of pyridine rings is 1. The van der Waals surface area contributed by atoms with E-state index >= 15 is 0 Å². The maximum atomic E-state index is 13.5. The second-order valence-electron chi connectivity index (χ2n) is 6.89. The number of nitrogens with zero attached hydrogens (tertiary/aromatic N) is 2. The summed E-state index contributed by atoms with van der Waals surface area (Å²) in [4.78, 5) is 18.6. The molecule has 1 saturated heterocycles. The van der Waals surface area contributed by atoms with Crippen molar-refractivity contribution in [3.8, 4) is 11.1 Å². The van der Waals surface area contributed by atoms with Gasteiger partial charge in [0.1, 0.15) is 5.82 Å². The molecule has 0 spiro atoms. The minimum Gasteiger partial charge on any atom is -0.319 e. The van der Waals surface area contributed by atoms with Crippen molar-refractivity contribution in [3.05, 3.63) is 48.0 Å². The van der Waals surface area contributed by atoms with Crippen LogP contribution in [0.4, 0.5) is 14.9 Å². The van der Waals surface area contributed by atoms with Crippen LogP contribution in [0.5, 0.6) is 0 Å². The van der Waals surface area contributed by atoms with Crippen molar-refractivity contribution in [2.75, 3.05) is 5.32 Å². The van der Waals surface area contributed by atoms with E-state index in [0.717, 1.165) is 30.4 Å². The van der Waals surface area contributed by atoms with Crippen LogP contribution in [0.15, 0.2) is 36.7 Å². The molecule has 0 saturated carbocycles. The molecule has 1 aliphatic heterocycles. The third-order valence-electron chi connectivity index (χ3n) is 4.93. The van der Waals surface area contributed by atoms with Crippen LogP contribution in [0.2, 0.25) is 0 Å². The van der Waals surface area contributed by atoms with Crippen molar-refractivity contribution in [2.24, 2.45) is 0 Å². The fourth-order valence-corrected chi connectivity index (χ4v) is 3.58. The van der Waals surface area contributed by atoms with E-state index in [2.05, 4.69) is 24.1 Å². The van der Waals surface area contributed by atoms with Crippen molar-refractivity contribution in [1.29, 1.82) is 0 Å². The highest BCUT2D eigenvalue weighted by Crippen LogP contribution is 2.28. The minimum absolute atomic E-state index is 0.0770. The first-order valence-electron chi connectivity index (χ1n) is 8.76. The predicted molar refractivity (Wildman–Crippen MR) is 98.0 cm³/mol. The Kier molecular flexibility index (Phi) is 5.02. The molecule has 2 aromatic rings. The van der Waals surface area contributed by atoms with Crippen LogP contribution in [0.25, 0.3) is 11.1 Å². The molecule has 25 heavy (non-hydrogen) atoms. The highest BCUT2D eigenvalue weighted by atomic mass is 19.1. The molecular formula is C20H24FN3O. The van der Waals surface area contributed by atoms with E-state index < -0.39 is 0 Å². The smallest absolute Gasteiger partial charge is 0.319 e. The number of piperidine rings is 1. The second-order valence-corrected chi connectivity index (χ2v) is 6.89. The molecule has 1 aliphatic rings. The number of carbonyl (C=O) groups is 1. The van der Waals surface area contributed by atoms with Gasteiger partial charge >= 0.3 is 6.03 Å². The number of amides is 2. The van der Waals surface area contributed by atoms with Gasteiger partial charge < -0.3 is 10.2 Å². The highest BCUT2D eigenvalue weighted by molar-refractivity contribution is 5.91. The molecule has 0 aliphatic carbocycles. The van der Waals surface area contributed by atoms with Gasteiger partial charge in [-0.1, -0.05) is 6.07 Å². The lowest BCUT2D eigenvalue weighted by Gasteiger charge is -2.38. The van der Waals surface area contributed by atoms with Gasteiger partial charge in [-0.05, 0) is 69.4 Å². The molecule has 2 heterocycles. The molecule has 1 aromatic carbocycles. The van der Waals surface area contributed by atoms with E-state index in [1.165, 1.54) is 12.3 Å². The zero-order valence-electron chi connectivity index (χ0n) is 14.9. The molecule has 3 rings (SSSR count). The summed E-state index contributed by atoms with van der Waals surface area (Å²) in [6, 6.07) is 7.54. The van der Waals surface area contributed by atoms with Gasteiger partial charge in [-0.2, -0.15) is 0 Å². The Balaban J connectivity index is 1.84. The zero-order valence-corrected chi connectivity index (χ0v) is 14.9. The van der Waals surface area contributed by atoms with E-state index in [-0.39, 0.29) is 23.9 Å². The first-order chi connectivity index (χ1) is 12.0. The van der Waals surface area contributed by atoms with E-state index in [1.54, 1.807) is 6.20 Å². The lowest BCUT2D eigenvalue weighted by Crippen LogP contribution is -2.49. The number of rotatable bonds is 2. The van der Waals surface area contributed by atoms with Crippen LogP contribution in [-0.4, -0.2) is 28.0 Å². The Morgan fingerprint density at radius 3 is 2.60 bits per heavy atom. The zero-order chi connectivity index (χ0) is 18.0. The Morgan fingerprint density at radius 1 is 1.20 bits per heavy atom. The fourth-order valence-electron chi connectivity index (χ4n) is 3.58. The molecule has 2 amide bonds. The Morgan fingerprint density at radius 2 is 1.92 bits per heavy atom. The summed E-state index contributed by atoms with van der Waals surface area (Å²) >= 11 is 0. The summed E-state index contributed by atoms with van der Waals surface area (Å²) in [5.41, 5.74) is 3.28. The van der Waals surface area contributed by atoms with Gasteiger partial charge in [0.15, 0.2) is 0 Å². The lowest BCUT2D eigenvalue weighted by molar-refractivity contribution is 0.133. The molecule has 1 fully saturated rings. The van der Waals surface area contributed by atoms with Gasteiger partial charge in [-0.25, -0.2) is 9.18 Å². The van der Waals surface area contributed by atoms with Crippen LogP contribution in [0.1, 0.15) is 38.7 Å². The monoisotopic (exact) mass is 341 g/mol. The van der Waals surface area contributed by atoms with Crippen LogP contribution < -0.4 is 5.32 Å². The number of aromatic nitrogens is 1. The summed E-state index contributed by atoms with van der Waals surface area (Å²) in [6.07, 6.45) is 6.04. The van der Waals surface area contributed by atoms with E-state index in [0.29, 0.717) is 11.3 Å². The maximum absolute atomic E-state index is 13.5. The number of hydrogen-bond donors (Lipinski definition) is 1. The molecule has 4 nitrogen and oxygen atoms in total. The number of carbonyl (C=O) groups excluding carboxylic acids is 1. The number of benzene rings is 1. The van der Waals surface area contributed by atoms with E-state index in [9.17, 15) is 9.18 Å².